The Balaban J connectivity index is 2.01. The maximum atomic E-state index is 11.1. The first-order valence-corrected chi connectivity index (χ1v) is 7.37. The zero-order valence-electron chi connectivity index (χ0n) is 12.4. The van der Waals surface area contributed by atoms with E-state index >= 15 is 0 Å². The van der Waals surface area contributed by atoms with Crippen molar-refractivity contribution in [1.82, 2.24) is 9.55 Å². The molecule has 0 bridgehead atoms. The summed E-state index contributed by atoms with van der Waals surface area (Å²) in [5.41, 5.74) is 2.05. The zero-order chi connectivity index (χ0) is 15.0. The number of carboxylic acid groups (broad SMARTS) is 1. The van der Waals surface area contributed by atoms with E-state index in [0.29, 0.717) is 12.0 Å². The van der Waals surface area contributed by atoms with Gasteiger partial charge in [0.2, 0.25) is 0 Å². The third kappa shape index (κ3) is 2.53. The zero-order valence-corrected chi connectivity index (χ0v) is 12.4. The minimum absolute atomic E-state index is 0.283. The molecule has 2 aromatic rings. The van der Waals surface area contributed by atoms with Crippen molar-refractivity contribution in [2.24, 2.45) is 5.92 Å². The van der Waals surface area contributed by atoms with Gasteiger partial charge >= 0.3 is 5.97 Å². The SMILES string of the molecule is Cc1nc2cc(C(=O)O)ccc2n1C(C)C1CCOCC1. The molecular weight excluding hydrogens is 268 g/mol. The van der Waals surface area contributed by atoms with Crippen LogP contribution in [0.2, 0.25) is 0 Å². The van der Waals surface area contributed by atoms with Crippen molar-refractivity contribution in [2.45, 2.75) is 32.7 Å². The molecular formula is C16H20N2O3. The van der Waals surface area contributed by atoms with Crippen molar-refractivity contribution < 1.29 is 14.6 Å². The summed E-state index contributed by atoms with van der Waals surface area (Å²) in [7, 11) is 0. The van der Waals surface area contributed by atoms with Gasteiger partial charge in [0.15, 0.2) is 0 Å². The van der Waals surface area contributed by atoms with Crippen molar-refractivity contribution in [3.05, 3.63) is 29.6 Å². The number of hydrogen-bond acceptors (Lipinski definition) is 3. The number of rotatable bonds is 3. The van der Waals surface area contributed by atoms with Crippen LogP contribution in [-0.2, 0) is 4.74 Å². The van der Waals surface area contributed by atoms with Crippen LogP contribution in [0, 0.1) is 12.8 Å². The van der Waals surface area contributed by atoms with Crippen LogP contribution < -0.4 is 0 Å². The Kier molecular flexibility index (Phi) is 3.68. The molecule has 1 N–H and O–H groups in total. The highest BCUT2D eigenvalue weighted by atomic mass is 16.5. The predicted molar refractivity (Wildman–Crippen MR) is 79.7 cm³/mol. The lowest BCUT2D eigenvalue weighted by atomic mass is 9.92. The van der Waals surface area contributed by atoms with Gasteiger partial charge in [0, 0.05) is 19.3 Å². The molecule has 3 rings (SSSR count). The predicted octanol–water partition coefficient (Wildman–Crippen LogP) is 3.03. The van der Waals surface area contributed by atoms with Gasteiger partial charge < -0.3 is 14.4 Å². The smallest absolute Gasteiger partial charge is 0.335 e. The average Bonchev–Trinajstić information content (AvgIpc) is 2.82. The molecule has 1 unspecified atom stereocenters. The quantitative estimate of drug-likeness (QED) is 0.943. The summed E-state index contributed by atoms with van der Waals surface area (Å²) in [6.45, 7) is 5.85. The first-order chi connectivity index (χ1) is 10.1. The van der Waals surface area contributed by atoms with E-state index in [0.717, 1.165) is 42.9 Å². The summed E-state index contributed by atoms with van der Waals surface area (Å²) in [5, 5.41) is 9.08. The largest absolute Gasteiger partial charge is 0.478 e. The molecule has 0 amide bonds. The topological polar surface area (TPSA) is 64.3 Å². The lowest BCUT2D eigenvalue weighted by Crippen LogP contribution is -2.24. The van der Waals surface area contributed by atoms with Gasteiger partial charge in [-0.1, -0.05) is 0 Å². The summed E-state index contributed by atoms with van der Waals surface area (Å²) < 4.78 is 7.67. The van der Waals surface area contributed by atoms with E-state index in [1.54, 1.807) is 12.1 Å². The molecule has 0 saturated carbocycles. The normalized spacial score (nSPS) is 18.0. The molecule has 1 aliphatic rings. The molecule has 1 aromatic carbocycles. The first-order valence-electron chi connectivity index (χ1n) is 7.37. The second-order valence-corrected chi connectivity index (χ2v) is 5.73. The van der Waals surface area contributed by atoms with Crippen molar-refractivity contribution in [2.75, 3.05) is 13.2 Å². The van der Waals surface area contributed by atoms with Gasteiger partial charge in [-0.25, -0.2) is 9.78 Å². The van der Waals surface area contributed by atoms with Gasteiger partial charge in [0.25, 0.3) is 0 Å². The van der Waals surface area contributed by atoms with Crippen LogP contribution in [0.15, 0.2) is 18.2 Å². The standard InChI is InChI=1S/C16H20N2O3/c1-10(12-5-7-21-8-6-12)18-11(2)17-14-9-13(16(19)20)3-4-15(14)18/h3-4,9-10,12H,5-8H2,1-2H3,(H,19,20). The Morgan fingerprint density at radius 3 is 2.81 bits per heavy atom. The number of imidazole rings is 1. The fourth-order valence-corrected chi connectivity index (χ4v) is 3.28. The molecule has 0 spiro atoms. The highest BCUT2D eigenvalue weighted by Crippen LogP contribution is 2.31. The molecule has 5 heteroatoms. The van der Waals surface area contributed by atoms with Gasteiger partial charge in [0.1, 0.15) is 5.82 Å². The fraction of sp³-hybridized carbons (Fsp3) is 0.500. The summed E-state index contributed by atoms with van der Waals surface area (Å²) >= 11 is 0. The number of ether oxygens (including phenoxy) is 1. The number of hydrogen-bond donors (Lipinski definition) is 1. The van der Waals surface area contributed by atoms with Crippen LogP contribution in [0.4, 0.5) is 0 Å². The molecule has 5 nitrogen and oxygen atoms in total. The third-order valence-corrected chi connectivity index (χ3v) is 4.47. The van der Waals surface area contributed by atoms with Gasteiger partial charge in [0.05, 0.1) is 16.6 Å². The van der Waals surface area contributed by atoms with Crippen LogP contribution in [0.1, 0.15) is 42.0 Å². The van der Waals surface area contributed by atoms with E-state index in [9.17, 15) is 4.79 Å². The van der Waals surface area contributed by atoms with Crippen molar-refractivity contribution in [3.63, 3.8) is 0 Å². The van der Waals surface area contributed by atoms with Gasteiger partial charge in [-0.15, -0.1) is 0 Å². The number of nitrogens with zero attached hydrogens (tertiary/aromatic N) is 2. The summed E-state index contributed by atoms with van der Waals surface area (Å²) in [6.07, 6.45) is 2.13. The number of carbonyl (C=O) groups is 1. The number of fused-ring (bicyclic) bond motifs is 1. The Morgan fingerprint density at radius 1 is 1.43 bits per heavy atom. The molecule has 0 aliphatic carbocycles. The van der Waals surface area contributed by atoms with E-state index in [2.05, 4.69) is 16.5 Å². The molecule has 1 saturated heterocycles. The molecule has 112 valence electrons. The van der Waals surface area contributed by atoms with Gasteiger partial charge in [-0.2, -0.15) is 0 Å². The monoisotopic (exact) mass is 288 g/mol. The minimum atomic E-state index is -0.915. The molecule has 1 atom stereocenters. The first kappa shape index (κ1) is 14.1. The molecule has 21 heavy (non-hydrogen) atoms. The van der Waals surface area contributed by atoms with Gasteiger partial charge in [-0.05, 0) is 50.8 Å². The van der Waals surface area contributed by atoms with Gasteiger partial charge in [-0.3, -0.25) is 0 Å². The highest BCUT2D eigenvalue weighted by molar-refractivity contribution is 5.92. The Bertz CT molecular complexity index is 671. The molecule has 1 aromatic heterocycles. The van der Waals surface area contributed by atoms with Crippen LogP contribution in [0.25, 0.3) is 11.0 Å². The van der Waals surface area contributed by atoms with E-state index in [1.165, 1.54) is 0 Å². The van der Waals surface area contributed by atoms with E-state index in [-0.39, 0.29) is 5.56 Å². The van der Waals surface area contributed by atoms with Crippen LogP contribution in [-0.4, -0.2) is 33.8 Å². The Morgan fingerprint density at radius 2 is 2.14 bits per heavy atom. The molecule has 0 radical (unpaired) electrons. The van der Waals surface area contributed by atoms with Crippen molar-refractivity contribution in [1.29, 1.82) is 0 Å². The van der Waals surface area contributed by atoms with Crippen molar-refractivity contribution >= 4 is 17.0 Å². The highest BCUT2D eigenvalue weighted by Gasteiger charge is 2.24. The maximum absolute atomic E-state index is 11.1. The van der Waals surface area contributed by atoms with E-state index in [4.69, 9.17) is 9.84 Å². The molecule has 2 heterocycles. The molecule has 1 fully saturated rings. The molecule has 1 aliphatic heterocycles. The number of aromatic nitrogens is 2. The second kappa shape index (κ2) is 5.48. The minimum Gasteiger partial charge on any atom is -0.478 e. The maximum Gasteiger partial charge on any atom is 0.335 e. The third-order valence-electron chi connectivity index (χ3n) is 4.47. The second-order valence-electron chi connectivity index (χ2n) is 5.73. The number of aromatic carboxylic acids is 1. The summed E-state index contributed by atoms with van der Waals surface area (Å²) in [6, 6.07) is 5.51. The number of benzene rings is 1. The van der Waals surface area contributed by atoms with E-state index < -0.39 is 5.97 Å². The average molecular weight is 288 g/mol. The fourth-order valence-electron chi connectivity index (χ4n) is 3.28. The van der Waals surface area contributed by atoms with Crippen LogP contribution in [0.5, 0.6) is 0 Å². The Labute approximate surface area is 123 Å². The van der Waals surface area contributed by atoms with E-state index in [1.807, 2.05) is 13.0 Å². The lowest BCUT2D eigenvalue weighted by molar-refractivity contribution is 0.0516. The summed E-state index contributed by atoms with van der Waals surface area (Å²) in [4.78, 5) is 15.6. The number of carboxylic acids is 1. The van der Waals surface area contributed by atoms with Crippen LogP contribution >= 0.6 is 0 Å². The van der Waals surface area contributed by atoms with Crippen LogP contribution in [0.3, 0.4) is 0 Å². The lowest BCUT2D eigenvalue weighted by Gasteiger charge is -2.29. The summed E-state index contributed by atoms with van der Waals surface area (Å²) in [5.74, 6) is 0.599. The number of aryl methyl sites for hydroxylation is 1. The van der Waals surface area contributed by atoms with Crippen molar-refractivity contribution in [3.8, 4) is 0 Å². The Hall–Kier alpha value is -1.88.